The topological polar surface area (TPSA) is 92.2 Å². The lowest BCUT2D eigenvalue weighted by molar-refractivity contribution is -0.119. The number of amides is 1. The van der Waals surface area contributed by atoms with E-state index in [9.17, 15) is 9.90 Å². The third-order valence-corrected chi connectivity index (χ3v) is 3.16. The summed E-state index contributed by atoms with van der Waals surface area (Å²) >= 11 is 0. The molecule has 3 rings (SSSR count). The van der Waals surface area contributed by atoms with E-state index in [1.54, 1.807) is 42.5 Å². The third-order valence-electron chi connectivity index (χ3n) is 3.16. The minimum atomic E-state index is -0.311. The summed E-state index contributed by atoms with van der Waals surface area (Å²) in [5.74, 6) is 1.12. The number of benzene rings is 2. The third kappa shape index (κ3) is 3.70. The maximum absolute atomic E-state index is 11.7. The van der Waals surface area contributed by atoms with Crippen LogP contribution < -0.4 is 20.2 Å². The molecule has 2 aromatic carbocycles. The number of aromatic hydroxyl groups is 1. The van der Waals surface area contributed by atoms with Gasteiger partial charge in [-0.2, -0.15) is 5.10 Å². The number of nitrogens with one attached hydrogen (secondary N) is 2. The molecule has 7 nitrogen and oxygen atoms in total. The van der Waals surface area contributed by atoms with Gasteiger partial charge in [0.15, 0.2) is 11.5 Å². The van der Waals surface area contributed by atoms with E-state index in [1.165, 1.54) is 6.21 Å². The Bertz CT molecular complexity index is 746. The predicted octanol–water partition coefficient (Wildman–Crippen LogP) is 1.68. The van der Waals surface area contributed by atoms with Crippen LogP contribution in [0.5, 0.6) is 17.2 Å². The Kier molecular flexibility index (Phi) is 4.28. The van der Waals surface area contributed by atoms with Gasteiger partial charge in [0.1, 0.15) is 5.75 Å². The molecule has 0 aliphatic carbocycles. The van der Waals surface area contributed by atoms with Gasteiger partial charge < -0.3 is 19.9 Å². The maximum atomic E-state index is 11.7. The van der Waals surface area contributed by atoms with E-state index >= 15 is 0 Å². The van der Waals surface area contributed by atoms with Crippen LogP contribution in [0.4, 0.5) is 5.69 Å². The normalized spacial score (nSPS) is 12.3. The highest BCUT2D eigenvalue weighted by Crippen LogP contribution is 2.34. The van der Waals surface area contributed by atoms with Gasteiger partial charge in [-0.3, -0.25) is 4.79 Å². The Morgan fingerprint density at radius 1 is 1.22 bits per heavy atom. The molecule has 1 aliphatic heterocycles. The number of para-hydroxylation sites is 1. The van der Waals surface area contributed by atoms with E-state index in [0.29, 0.717) is 17.1 Å². The van der Waals surface area contributed by atoms with Crippen LogP contribution in [0.15, 0.2) is 47.6 Å². The number of carbonyl (C=O) groups is 1. The molecule has 2 aromatic rings. The second-order valence-corrected chi connectivity index (χ2v) is 4.77. The number of fused-ring (bicyclic) bond motifs is 1. The van der Waals surface area contributed by atoms with E-state index in [-0.39, 0.29) is 25.0 Å². The summed E-state index contributed by atoms with van der Waals surface area (Å²) in [6.45, 7) is 0.262. The summed E-state index contributed by atoms with van der Waals surface area (Å²) in [6, 6.07) is 12.1. The van der Waals surface area contributed by atoms with Crippen molar-refractivity contribution in [1.29, 1.82) is 0 Å². The van der Waals surface area contributed by atoms with Crippen molar-refractivity contribution in [2.24, 2.45) is 5.10 Å². The Balaban J connectivity index is 1.49. The smallest absolute Gasteiger partial charge is 0.259 e. The SMILES string of the molecule is O=C(CNc1ccc2c(c1)OCO2)N/N=C\c1ccccc1O. The fraction of sp³-hybridized carbons (Fsp3) is 0.125. The first-order chi connectivity index (χ1) is 11.2. The number of hydrazone groups is 1. The zero-order valence-electron chi connectivity index (χ0n) is 12.2. The number of phenols is 1. The minimum Gasteiger partial charge on any atom is -0.507 e. The first-order valence-corrected chi connectivity index (χ1v) is 6.96. The number of hydrogen-bond acceptors (Lipinski definition) is 6. The van der Waals surface area contributed by atoms with Gasteiger partial charge in [-0.15, -0.1) is 0 Å². The van der Waals surface area contributed by atoms with Gasteiger partial charge in [0.25, 0.3) is 5.91 Å². The van der Waals surface area contributed by atoms with Crippen molar-refractivity contribution in [2.75, 3.05) is 18.7 Å². The van der Waals surface area contributed by atoms with E-state index in [2.05, 4.69) is 15.8 Å². The average Bonchev–Trinajstić information content (AvgIpc) is 3.02. The second kappa shape index (κ2) is 6.69. The zero-order chi connectivity index (χ0) is 16.1. The monoisotopic (exact) mass is 313 g/mol. The van der Waals surface area contributed by atoms with Gasteiger partial charge in [-0.05, 0) is 24.3 Å². The summed E-state index contributed by atoms with van der Waals surface area (Å²) in [5.41, 5.74) is 3.65. The molecule has 7 heteroatoms. The Morgan fingerprint density at radius 3 is 2.91 bits per heavy atom. The summed E-state index contributed by atoms with van der Waals surface area (Å²) in [5, 5.41) is 16.3. The fourth-order valence-corrected chi connectivity index (χ4v) is 2.00. The first-order valence-electron chi connectivity index (χ1n) is 6.96. The number of ether oxygens (including phenoxy) is 2. The van der Waals surface area contributed by atoms with Crippen molar-refractivity contribution in [3.63, 3.8) is 0 Å². The summed E-state index contributed by atoms with van der Waals surface area (Å²) < 4.78 is 10.5. The lowest BCUT2D eigenvalue weighted by Crippen LogP contribution is -2.25. The van der Waals surface area contributed by atoms with Crippen LogP contribution in [-0.4, -0.2) is 30.6 Å². The van der Waals surface area contributed by atoms with Crippen molar-refractivity contribution in [3.8, 4) is 17.2 Å². The number of nitrogens with zero attached hydrogens (tertiary/aromatic N) is 1. The average molecular weight is 313 g/mol. The van der Waals surface area contributed by atoms with Gasteiger partial charge in [-0.25, -0.2) is 5.43 Å². The zero-order valence-corrected chi connectivity index (χ0v) is 12.2. The highest BCUT2D eigenvalue weighted by molar-refractivity contribution is 5.86. The Labute approximate surface area is 132 Å². The predicted molar refractivity (Wildman–Crippen MR) is 84.9 cm³/mol. The van der Waals surface area contributed by atoms with Gasteiger partial charge in [0, 0.05) is 17.3 Å². The van der Waals surface area contributed by atoms with E-state index < -0.39 is 0 Å². The van der Waals surface area contributed by atoms with E-state index in [1.807, 2.05) is 0 Å². The molecule has 0 radical (unpaired) electrons. The molecule has 1 heterocycles. The van der Waals surface area contributed by atoms with Gasteiger partial charge >= 0.3 is 0 Å². The molecular weight excluding hydrogens is 298 g/mol. The Morgan fingerprint density at radius 2 is 2.04 bits per heavy atom. The molecular formula is C16H15N3O4. The van der Waals surface area contributed by atoms with Crippen molar-refractivity contribution in [2.45, 2.75) is 0 Å². The quantitative estimate of drug-likeness (QED) is 0.577. The molecule has 0 fully saturated rings. The summed E-state index contributed by atoms with van der Waals surface area (Å²) in [6.07, 6.45) is 1.38. The number of anilines is 1. The van der Waals surface area contributed by atoms with E-state index in [0.717, 1.165) is 5.69 Å². The molecule has 3 N–H and O–H groups in total. The van der Waals surface area contributed by atoms with E-state index in [4.69, 9.17) is 9.47 Å². The molecule has 1 amide bonds. The molecule has 0 saturated heterocycles. The van der Waals surface area contributed by atoms with Gasteiger partial charge in [0.05, 0.1) is 12.8 Å². The molecule has 0 bridgehead atoms. The van der Waals surface area contributed by atoms with Crippen LogP contribution in [0, 0.1) is 0 Å². The lowest BCUT2D eigenvalue weighted by atomic mass is 10.2. The Hall–Kier alpha value is -3.22. The highest BCUT2D eigenvalue weighted by Gasteiger charge is 2.13. The fourth-order valence-electron chi connectivity index (χ4n) is 2.00. The van der Waals surface area contributed by atoms with Crippen LogP contribution in [0.25, 0.3) is 0 Å². The van der Waals surface area contributed by atoms with Gasteiger partial charge in [-0.1, -0.05) is 12.1 Å². The lowest BCUT2D eigenvalue weighted by Gasteiger charge is -2.06. The van der Waals surface area contributed by atoms with Crippen molar-refractivity contribution in [3.05, 3.63) is 48.0 Å². The molecule has 1 aliphatic rings. The van der Waals surface area contributed by atoms with Gasteiger partial charge in [0.2, 0.25) is 6.79 Å². The molecule has 0 spiro atoms. The number of phenolic OH excluding ortho intramolecular Hbond substituents is 1. The summed E-state index contributed by atoms with van der Waals surface area (Å²) in [7, 11) is 0. The number of rotatable bonds is 5. The van der Waals surface area contributed by atoms with Crippen molar-refractivity contribution in [1.82, 2.24) is 5.43 Å². The van der Waals surface area contributed by atoms with Crippen molar-refractivity contribution < 1.29 is 19.4 Å². The molecule has 118 valence electrons. The minimum absolute atomic E-state index is 0.0533. The highest BCUT2D eigenvalue weighted by atomic mass is 16.7. The van der Waals surface area contributed by atoms with Crippen molar-refractivity contribution >= 4 is 17.8 Å². The number of carbonyl (C=O) groups excluding carboxylic acids is 1. The van der Waals surface area contributed by atoms with Crippen LogP contribution in [0.1, 0.15) is 5.56 Å². The van der Waals surface area contributed by atoms with Crippen LogP contribution in [0.3, 0.4) is 0 Å². The van der Waals surface area contributed by atoms with Crippen LogP contribution in [0.2, 0.25) is 0 Å². The molecule has 0 aromatic heterocycles. The summed E-state index contributed by atoms with van der Waals surface area (Å²) in [4.78, 5) is 11.7. The first kappa shape index (κ1) is 14.7. The molecule has 23 heavy (non-hydrogen) atoms. The largest absolute Gasteiger partial charge is 0.507 e. The number of hydrogen-bond donors (Lipinski definition) is 3. The standard InChI is InChI=1S/C16H15N3O4/c20-13-4-2-1-3-11(13)8-18-19-16(21)9-17-12-5-6-14-15(7-12)23-10-22-14/h1-8,17,20H,9-10H2,(H,19,21)/b18-8-. The second-order valence-electron chi connectivity index (χ2n) is 4.77. The molecule has 0 unspecified atom stereocenters. The maximum Gasteiger partial charge on any atom is 0.259 e. The van der Waals surface area contributed by atoms with Crippen LogP contribution >= 0.6 is 0 Å². The molecule has 0 saturated carbocycles. The molecule has 0 atom stereocenters. The van der Waals surface area contributed by atoms with Crippen LogP contribution in [-0.2, 0) is 4.79 Å².